The fraction of sp³-hybridized carbons (Fsp3) is 0.500. The minimum atomic E-state index is -0.206. The minimum Gasteiger partial charge on any atom is -0.338 e. The summed E-state index contributed by atoms with van der Waals surface area (Å²) in [6.07, 6.45) is 0.930. The van der Waals surface area contributed by atoms with Crippen molar-refractivity contribution in [1.82, 2.24) is 30.4 Å². The SMILES string of the molecule is CCN(CC)CCCNC(=O)Nc1cccc(-c2nnnn2C)c1. The standard InChI is InChI=1S/C16H25N7O/c1-4-23(5-2)11-7-10-17-16(24)18-14-9-6-8-13(12-14)15-19-20-21-22(15)3/h6,8-9,12H,4-5,7,10-11H2,1-3H3,(H2,17,18,24). The molecule has 0 aliphatic carbocycles. The first-order valence-corrected chi connectivity index (χ1v) is 8.24. The number of nitrogens with one attached hydrogen (secondary N) is 2. The Hall–Kier alpha value is -2.48. The maximum absolute atomic E-state index is 12.0. The first kappa shape index (κ1) is 17.9. The average molecular weight is 331 g/mol. The van der Waals surface area contributed by atoms with Crippen molar-refractivity contribution in [3.8, 4) is 11.4 Å². The average Bonchev–Trinajstić information content (AvgIpc) is 3.01. The molecular formula is C16H25N7O. The molecule has 0 unspecified atom stereocenters. The van der Waals surface area contributed by atoms with E-state index in [1.54, 1.807) is 11.7 Å². The molecule has 24 heavy (non-hydrogen) atoms. The molecule has 0 fully saturated rings. The van der Waals surface area contributed by atoms with E-state index in [1.165, 1.54) is 0 Å². The van der Waals surface area contributed by atoms with E-state index in [1.807, 2.05) is 24.3 Å². The summed E-state index contributed by atoms with van der Waals surface area (Å²) >= 11 is 0. The first-order chi connectivity index (χ1) is 11.6. The number of carbonyl (C=O) groups is 1. The maximum atomic E-state index is 12.0. The van der Waals surface area contributed by atoms with Gasteiger partial charge < -0.3 is 15.5 Å². The molecular weight excluding hydrogens is 306 g/mol. The van der Waals surface area contributed by atoms with Gasteiger partial charge in [-0.25, -0.2) is 9.48 Å². The normalized spacial score (nSPS) is 10.8. The Morgan fingerprint density at radius 2 is 2.08 bits per heavy atom. The zero-order valence-electron chi connectivity index (χ0n) is 14.5. The largest absolute Gasteiger partial charge is 0.338 e. The Bertz CT molecular complexity index is 651. The topological polar surface area (TPSA) is 88.0 Å². The molecule has 2 rings (SSSR count). The lowest BCUT2D eigenvalue weighted by Crippen LogP contribution is -2.32. The first-order valence-electron chi connectivity index (χ1n) is 8.24. The molecule has 1 aromatic carbocycles. The molecule has 8 nitrogen and oxygen atoms in total. The zero-order valence-corrected chi connectivity index (χ0v) is 14.5. The van der Waals surface area contributed by atoms with Gasteiger partial charge in [-0.1, -0.05) is 26.0 Å². The molecule has 8 heteroatoms. The number of aromatic nitrogens is 4. The molecule has 0 aliphatic rings. The zero-order chi connectivity index (χ0) is 17.4. The van der Waals surface area contributed by atoms with Crippen molar-refractivity contribution in [1.29, 1.82) is 0 Å². The number of hydrogen-bond acceptors (Lipinski definition) is 5. The molecule has 0 aliphatic heterocycles. The van der Waals surface area contributed by atoms with Crippen molar-refractivity contribution >= 4 is 11.7 Å². The van der Waals surface area contributed by atoms with Crippen LogP contribution in [0.3, 0.4) is 0 Å². The van der Waals surface area contributed by atoms with E-state index in [9.17, 15) is 4.79 Å². The number of tetrazole rings is 1. The number of urea groups is 1. The lowest BCUT2D eigenvalue weighted by Gasteiger charge is -2.17. The lowest BCUT2D eigenvalue weighted by molar-refractivity contribution is 0.250. The van der Waals surface area contributed by atoms with Gasteiger partial charge in [-0.3, -0.25) is 0 Å². The van der Waals surface area contributed by atoms with Crippen LogP contribution in [0.25, 0.3) is 11.4 Å². The molecule has 1 heterocycles. The fourth-order valence-electron chi connectivity index (χ4n) is 2.43. The monoisotopic (exact) mass is 331 g/mol. The number of aryl methyl sites for hydroxylation is 1. The van der Waals surface area contributed by atoms with Crippen LogP contribution in [0.4, 0.5) is 10.5 Å². The van der Waals surface area contributed by atoms with Crippen LogP contribution in [0.5, 0.6) is 0 Å². The van der Waals surface area contributed by atoms with Gasteiger partial charge in [0, 0.05) is 24.8 Å². The molecule has 0 atom stereocenters. The number of rotatable bonds is 8. The number of hydrogen-bond donors (Lipinski definition) is 2. The third-order valence-corrected chi connectivity index (χ3v) is 3.83. The number of anilines is 1. The Balaban J connectivity index is 1.83. The number of benzene rings is 1. The highest BCUT2D eigenvalue weighted by atomic mass is 16.2. The summed E-state index contributed by atoms with van der Waals surface area (Å²) in [7, 11) is 1.78. The van der Waals surface area contributed by atoms with E-state index >= 15 is 0 Å². The molecule has 0 bridgehead atoms. The van der Waals surface area contributed by atoms with Crippen molar-refractivity contribution in [3.63, 3.8) is 0 Å². The van der Waals surface area contributed by atoms with E-state index in [-0.39, 0.29) is 6.03 Å². The van der Waals surface area contributed by atoms with Gasteiger partial charge in [0.05, 0.1) is 0 Å². The number of amides is 2. The van der Waals surface area contributed by atoms with Crippen LogP contribution < -0.4 is 10.6 Å². The van der Waals surface area contributed by atoms with E-state index < -0.39 is 0 Å². The van der Waals surface area contributed by atoms with Crippen LogP contribution in [-0.2, 0) is 7.05 Å². The predicted molar refractivity (Wildman–Crippen MR) is 93.7 cm³/mol. The molecule has 130 valence electrons. The van der Waals surface area contributed by atoms with Crippen LogP contribution in [0.15, 0.2) is 24.3 Å². The predicted octanol–water partition coefficient (Wildman–Crippen LogP) is 1.73. The van der Waals surface area contributed by atoms with E-state index in [0.29, 0.717) is 18.1 Å². The van der Waals surface area contributed by atoms with Crippen molar-refractivity contribution in [2.24, 2.45) is 7.05 Å². The summed E-state index contributed by atoms with van der Waals surface area (Å²) in [4.78, 5) is 14.3. The summed E-state index contributed by atoms with van der Waals surface area (Å²) < 4.78 is 1.59. The van der Waals surface area contributed by atoms with Crippen molar-refractivity contribution in [3.05, 3.63) is 24.3 Å². The van der Waals surface area contributed by atoms with Gasteiger partial charge in [0.1, 0.15) is 0 Å². The quantitative estimate of drug-likeness (QED) is 0.719. The molecule has 2 N–H and O–H groups in total. The number of nitrogens with zero attached hydrogens (tertiary/aromatic N) is 5. The van der Waals surface area contributed by atoms with Crippen molar-refractivity contribution < 1.29 is 4.79 Å². The van der Waals surface area contributed by atoms with Gasteiger partial charge in [-0.05, 0) is 48.6 Å². The van der Waals surface area contributed by atoms with Crippen molar-refractivity contribution in [2.75, 3.05) is 31.5 Å². The van der Waals surface area contributed by atoms with Crippen LogP contribution >= 0.6 is 0 Å². The summed E-state index contributed by atoms with van der Waals surface area (Å²) in [5.41, 5.74) is 1.55. The third kappa shape index (κ3) is 5.02. The van der Waals surface area contributed by atoms with Gasteiger partial charge in [0.25, 0.3) is 0 Å². The third-order valence-electron chi connectivity index (χ3n) is 3.83. The Morgan fingerprint density at radius 3 is 2.75 bits per heavy atom. The summed E-state index contributed by atoms with van der Waals surface area (Å²) in [5, 5.41) is 17.1. The highest BCUT2D eigenvalue weighted by Gasteiger charge is 2.08. The molecule has 1 aromatic heterocycles. The van der Waals surface area contributed by atoms with Crippen LogP contribution in [0, 0.1) is 0 Å². The lowest BCUT2D eigenvalue weighted by atomic mass is 10.2. The molecule has 2 aromatic rings. The maximum Gasteiger partial charge on any atom is 0.319 e. The van der Waals surface area contributed by atoms with Gasteiger partial charge >= 0.3 is 6.03 Å². The van der Waals surface area contributed by atoms with Crippen molar-refractivity contribution in [2.45, 2.75) is 20.3 Å². The number of carbonyl (C=O) groups excluding carboxylic acids is 1. The van der Waals surface area contributed by atoms with Gasteiger partial charge in [-0.2, -0.15) is 0 Å². The van der Waals surface area contributed by atoms with Gasteiger partial charge in [0.15, 0.2) is 5.82 Å². The van der Waals surface area contributed by atoms with E-state index in [4.69, 9.17) is 0 Å². The highest BCUT2D eigenvalue weighted by Crippen LogP contribution is 2.19. The molecule has 2 amide bonds. The summed E-state index contributed by atoms with van der Waals surface area (Å²) in [6.45, 7) is 7.99. The fourth-order valence-corrected chi connectivity index (χ4v) is 2.43. The van der Waals surface area contributed by atoms with Crippen LogP contribution in [0.1, 0.15) is 20.3 Å². The molecule has 0 saturated carbocycles. The summed E-state index contributed by atoms with van der Waals surface area (Å²) in [6, 6.07) is 7.24. The van der Waals surface area contributed by atoms with Crippen LogP contribution in [-0.4, -0.2) is 57.3 Å². The Morgan fingerprint density at radius 1 is 1.29 bits per heavy atom. The molecule has 0 spiro atoms. The van der Waals surface area contributed by atoms with Gasteiger partial charge in [-0.15, -0.1) is 5.10 Å². The van der Waals surface area contributed by atoms with E-state index in [2.05, 4.69) is 44.9 Å². The second-order valence-corrected chi connectivity index (χ2v) is 5.47. The van der Waals surface area contributed by atoms with Gasteiger partial charge in [0.2, 0.25) is 0 Å². The minimum absolute atomic E-state index is 0.206. The Labute approximate surface area is 142 Å². The molecule has 0 radical (unpaired) electrons. The second kappa shape index (κ2) is 8.97. The Kier molecular flexibility index (Phi) is 6.68. The highest BCUT2D eigenvalue weighted by molar-refractivity contribution is 5.89. The van der Waals surface area contributed by atoms with E-state index in [0.717, 1.165) is 31.6 Å². The molecule has 0 saturated heterocycles. The second-order valence-electron chi connectivity index (χ2n) is 5.47. The summed E-state index contributed by atoms with van der Waals surface area (Å²) in [5.74, 6) is 0.651. The smallest absolute Gasteiger partial charge is 0.319 e. The van der Waals surface area contributed by atoms with Crippen LogP contribution in [0.2, 0.25) is 0 Å².